The second kappa shape index (κ2) is 6.29. The molecule has 0 bridgehead atoms. The van der Waals surface area contributed by atoms with Crippen LogP contribution >= 0.6 is 0 Å². The van der Waals surface area contributed by atoms with Gasteiger partial charge in [0.25, 0.3) is 5.91 Å². The van der Waals surface area contributed by atoms with E-state index in [1.165, 1.54) is 0 Å². The van der Waals surface area contributed by atoms with Gasteiger partial charge in [0.1, 0.15) is 6.61 Å². The highest BCUT2D eigenvalue weighted by atomic mass is 32.2. The smallest absolute Gasteiger partial charge is 0.252 e. The van der Waals surface area contributed by atoms with Crippen LogP contribution in [-0.4, -0.2) is 43.6 Å². The van der Waals surface area contributed by atoms with E-state index < -0.39 is 9.84 Å². The first kappa shape index (κ1) is 15.5. The third kappa shape index (κ3) is 4.06. The Kier molecular flexibility index (Phi) is 4.66. The van der Waals surface area contributed by atoms with Crippen molar-refractivity contribution in [2.45, 2.75) is 19.4 Å². The van der Waals surface area contributed by atoms with Crippen LogP contribution in [0.15, 0.2) is 18.2 Å². The fraction of sp³-hybridized carbons (Fsp3) is 0.400. The van der Waals surface area contributed by atoms with Crippen molar-refractivity contribution in [2.75, 3.05) is 18.1 Å². The average molecular weight is 307 g/mol. The molecule has 1 aliphatic heterocycles. The third-order valence-corrected chi connectivity index (χ3v) is 5.06. The van der Waals surface area contributed by atoms with E-state index in [-0.39, 0.29) is 30.1 Å². The Balaban J connectivity index is 2.19. The summed E-state index contributed by atoms with van der Waals surface area (Å²) in [4.78, 5) is 12.3. The number of amides is 1. The van der Waals surface area contributed by atoms with Gasteiger partial charge in [0, 0.05) is 11.6 Å². The summed E-state index contributed by atoms with van der Waals surface area (Å²) in [5.74, 6) is 5.04. The zero-order valence-corrected chi connectivity index (χ0v) is 12.5. The number of sulfone groups is 1. The Morgan fingerprint density at radius 2 is 2.24 bits per heavy atom. The molecule has 5 nitrogen and oxygen atoms in total. The van der Waals surface area contributed by atoms with Crippen molar-refractivity contribution < 1.29 is 18.3 Å². The molecule has 1 amide bonds. The number of hydrogen-bond acceptors (Lipinski definition) is 4. The minimum Gasteiger partial charge on any atom is -0.384 e. The van der Waals surface area contributed by atoms with E-state index in [0.29, 0.717) is 17.5 Å². The van der Waals surface area contributed by atoms with Crippen molar-refractivity contribution in [2.24, 2.45) is 0 Å². The maximum Gasteiger partial charge on any atom is 0.252 e. The molecule has 6 heteroatoms. The number of benzene rings is 1. The van der Waals surface area contributed by atoms with Gasteiger partial charge in [-0.3, -0.25) is 4.79 Å². The summed E-state index contributed by atoms with van der Waals surface area (Å²) in [6, 6.07) is 4.88. The number of aryl methyl sites for hydroxylation is 1. The maximum atomic E-state index is 12.3. The lowest BCUT2D eigenvalue weighted by Gasteiger charge is -2.12. The minimum atomic E-state index is -3.03. The molecule has 1 saturated heterocycles. The molecule has 1 atom stereocenters. The van der Waals surface area contributed by atoms with Crippen LogP contribution in [0.3, 0.4) is 0 Å². The molecule has 2 N–H and O–H groups in total. The summed E-state index contributed by atoms with van der Waals surface area (Å²) in [6.07, 6.45) is 0.442. The number of aliphatic hydroxyl groups is 1. The van der Waals surface area contributed by atoms with Crippen molar-refractivity contribution in [1.82, 2.24) is 5.32 Å². The normalized spacial score (nSPS) is 19.6. The summed E-state index contributed by atoms with van der Waals surface area (Å²) in [5.41, 5.74) is 1.88. The van der Waals surface area contributed by atoms with Gasteiger partial charge < -0.3 is 10.4 Å². The maximum absolute atomic E-state index is 12.3. The number of aliphatic hydroxyl groups excluding tert-OH is 1. The van der Waals surface area contributed by atoms with Gasteiger partial charge >= 0.3 is 0 Å². The van der Waals surface area contributed by atoms with Gasteiger partial charge in [0.15, 0.2) is 9.84 Å². The third-order valence-electron chi connectivity index (χ3n) is 3.29. The second-order valence-corrected chi connectivity index (χ2v) is 7.31. The van der Waals surface area contributed by atoms with Gasteiger partial charge in [-0.25, -0.2) is 8.42 Å². The average Bonchev–Trinajstić information content (AvgIpc) is 2.75. The lowest BCUT2D eigenvalue weighted by atomic mass is 10.0. The van der Waals surface area contributed by atoms with E-state index >= 15 is 0 Å². The first-order valence-electron chi connectivity index (χ1n) is 6.63. The van der Waals surface area contributed by atoms with Gasteiger partial charge in [-0.05, 0) is 31.0 Å². The van der Waals surface area contributed by atoms with Gasteiger partial charge in [0.05, 0.1) is 17.1 Å². The predicted molar refractivity (Wildman–Crippen MR) is 79.7 cm³/mol. The lowest BCUT2D eigenvalue weighted by Crippen LogP contribution is -2.36. The van der Waals surface area contributed by atoms with Crippen LogP contribution in [-0.2, 0) is 9.84 Å². The van der Waals surface area contributed by atoms with E-state index in [2.05, 4.69) is 17.2 Å². The van der Waals surface area contributed by atoms with Gasteiger partial charge in [0.2, 0.25) is 0 Å². The first-order valence-corrected chi connectivity index (χ1v) is 8.45. The Labute approximate surface area is 124 Å². The van der Waals surface area contributed by atoms with E-state index in [1.807, 2.05) is 6.92 Å². The van der Waals surface area contributed by atoms with E-state index in [4.69, 9.17) is 5.11 Å². The fourth-order valence-electron chi connectivity index (χ4n) is 2.27. The fourth-order valence-corrected chi connectivity index (χ4v) is 3.94. The van der Waals surface area contributed by atoms with Crippen LogP contribution in [0.25, 0.3) is 0 Å². The largest absolute Gasteiger partial charge is 0.384 e. The molecule has 0 radical (unpaired) electrons. The summed E-state index contributed by atoms with van der Waals surface area (Å²) in [6.45, 7) is 1.60. The molecule has 1 heterocycles. The second-order valence-electron chi connectivity index (χ2n) is 5.08. The summed E-state index contributed by atoms with van der Waals surface area (Å²) < 4.78 is 22.8. The van der Waals surface area contributed by atoms with Gasteiger partial charge in [-0.2, -0.15) is 0 Å². The minimum absolute atomic E-state index is 0.0117. The van der Waals surface area contributed by atoms with Crippen LogP contribution in [0.2, 0.25) is 0 Å². The number of rotatable bonds is 2. The van der Waals surface area contributed by atoms with Crippen LogP contribution in [0.1, 0.15) is 27.9 Å². The highest BCUT2D eigenvalue weighted by molar-refractivity contribution is 7.91. The standard InChI is InChI=1S/C15H17NO4S/c1-11-4-5-14(12(9-11)3-2-7-17)15(18)16-13-6-8-21(19,20)10-13/h4-5,9,13,17H,6-8,10H2,1H3,(H,16,18). The number of carbonyl (C=O) groups is 1. The molecule has 1 fully saturated rings. The van der Waals surface area contributed by atoms with Crippen molar-refractivity contribution >= 4 is 15.7 Å². The van der Waals surface area contributed by atoms with Crippen LogP contribution in [0.4, 0.5) is 0 Å². The van der Waals surface area contributed by atoms with Gasteiger partial charge in [-0.1, -0.05) is 17.9 Å². The van der Waals surface area contributed by atoms with E-state index in [1.54, 1.807) is 18.2 Å². The first-order chi connectivity index (χ1) is 9.91. The summed E-state index contributed by atoms with van der Waals surface area (Å²) in [5, 5.41) is 11.5. The quantitative estimate of drug-likeness (QED) is 0.768. The van der Waals surface area contributed by atoms with Crippen LogP contribution in [0.5, 0.6) is 0 Å². The van der Waals surface area contributed by atoms with Crippen LogP contribution < -0.4 is 5.32 Å². The Hall–Kier alpha value is -1.84. The van der Waals surface area contributed by atoms with Crippen LogP contribution in [0, 0.1) is 18.8 Å². The molecule has 0 spiro atoms. The highest BCUT2D eigenvalue weighted by Crippen LogP contribution is 2.15. The van der Waals surface area contributed by atoms with Crippen molar-refractivity contribution in [3.63, 3.8) is 0 Å². The number of nitrogens with one attached hydrogen (secondary N) is 1. The van der Waals surface area contributed by atoms with Crippen molar-refractivity contribution in [3.05, 3.63) is 34.9 Å². The lowest BCUT2D eigenvalue weighted by molar-refractivity contribution is 0.0941. The molecule has 2 rings (SSSR count). The van der Waals surface area contributed by atoms with E-state index in [0.717, 1.165) is 5.56 Å². The zero-order valence-electron chi connectivity index (χ0n) is 11.7. The molecule has 0 aromatic heterocycles. The molecule has 1 aromatic rings. The molecule has 0 saturated carbocycles. The monoisotopic (exact) mass is 307 g/mol. The zero-order chi connectivity index (χ0) is 15.5. The summed E-state index contributed by atoms with van der Waals surface area (Å²) >= 11 is 0. The Morgan fingerprint density at radius 1 is 1.48 bits per heavy atom. The predicted octanol–water partition coefficient (Wildman–Crippen LogP) is 0.256. The SMILES string of the molecule is Cc1ccc(C(=O)NC2CCS(=O)(=O)C2)c(C#CCO)c1. The van der Waals surface area contributed by atoms with Gasteiger partial charge in [-0.15, -0.1) is 0 Å². The highest BCUT2D eigenvalue weighted by Gasteiger charge is 2.29. The molecule has 112 valence electrons. The topological polar surface area (TPSA) is 83.5 Å². The summed E-state index contributed by atoms with van der Waals surface area (Å²) in [7, 11) is -3.03. The molecular weight excluding hydrogens is 290 g/mol. The van der Waals surface area contributed by atoms with E-state index in [9.17, 15) is 13.2 Å². The molecular formula is C15H17NO4S. The molecule has 1 aliphatic rings. The van der Waals surface area contributed by atoms with Crippen molar-refractivity contribution in [3.8, 4) is 11.8 Å². The molecule has 0 aliphatic carbocycles. The Bertz CT molecular complexity index is 713. The van der Waals surface area contributed by atoms with Crippen molar-refractivity contribution in [1.29, 1.82) is 0 Å². The Morgan fingerprint density at radius 3 is 2.86 bits per heavy atom. The molecule has 1 unspecified atom stereocenters. The number of carbonyl (C=O) groups excluding carboxylic acids is 1. The molecule has 21 heavy (non-hydrogen) atoms. The molecule has 1 aromatic carbocycles. The number of hydrogen-bond donors (Lipinski definition) is 2.